The fraction of sp³-hybridized carbons (Fsp3) is 0.360. The minimum atomic E-state index is -4.61. The standard InChI is InChI=1S/C25H27F3IN3O/c1-3-31(4-2)11-12-32-21-15-19(29)14-20(25(26,27)28)22(21)24(30,23(32)33)18-10-9-16-7-5-6-8-17(16)13-18/h5-10,13-15,23,33H,3-4,11-12,30H2,1-2H3. The molecule has 0 amide bonds. The Balaban J connectivity index is 1.92. The van der Waals surface area contributed by atoms with Gasteiger partial charge in [0.25, 0.3) is 0 Å². The van der Waals surface area contributed by atoms with Crippen molar-refractivity contribution < 1.29 is 18.3 Å². The quantitative estimate of drug-likeness (QED) is 0.404. The van der Waals surface area contributed by atoms with Crippen molar-refractivity contribution in [3.8, 4) is 0 Å². The Hall–Kier alpha value is -1.88. The number of nitrogens with two attached hydrogens (primary N) is 1. The molecule has 1 heterocycles. The van der Waals surface area contributed by atoms with E-state index in [0.717, 1.165) is 29.9 Å². The molecule has 2 atom stereocenters. The first-order chi connectivity index (χ1) is 15.6. The second-order valence-electron chi connectivity index (χ2n) is 8.37. The lowest BCUT2D eigenvalue weighted by Crippen LogP contribution is -2.53. The van der Waals surface area contributed by atoms with Gasteiger partial charge >= 0.3 is 6.18 Å². The van der Waals surface area contributed by atoms with Crippen molar-refractivity contribution in [2.24, 2.45) is 5.73 Å². The number of aliphatic hydroxyl groups is 1. The van der Waals surface area contributed by atoms with Crippen LogP contribution in [0, 0.1) is 3.57 Å². The summed E-state index contributed by atoms with van der Waals surface area (Å²) in [6, 6.07) is 15.7. The van der Waals surface area contributed by atoms with Gasteiger partial charge in [-0.1, -0.05) is 50.2 Å². The number of anilines is 1. The number of halogens is 4. The Bertz CT molecular complexity index is 1170. The Morgan fingerprint density at radius 2 is 1.73 bits per heavy atom. The number of hydrogen-bond acceptors (Lipinski definition) is 4. The molecular formula is C25H27F3IN3O. The molecule has 0 radical (unpaired) electrons. The summed E-state index contributed by atoms with van der Waals surface area (Å²) in [5.74, 6) is 0. The first-order valence-electron chi connectivity index (χ1n) is 11.0. The summed E-state index contributed by atoms with van der Waals surface area (Å²) in [7, 11) is 0. The number of benzene rings is 3. The molecule has 0 bridgehead atoms. The third-order valence-electron chi connectivity index (χ3n) is 6.59. The van der Waals surface area contributed by atoms with Crippen molar-refractivity contribution in [1.82, 2.24) is 4.90 Å². The Labute approximate surface area is 205 Å². The van der Waals surface area contributed by atoms with Crippen LogP contribution >= 0.6 is 22.6 Å². The van der Waals surface area contributed by atoms with Crippen molar-refractivity contribution >= 4 is 39.1 Å². The molecule has 176 valence electrons. The summed E-state index contributed by atoms with van der Waals surface area (Å²) >= 11 is 1.89. The predicted molar refractivity (Wildman–Crippen MR) is 134 cm³/mol. The van der Waals surface area contributed by atoms with Crippen LogP contribution in [0.4, 0.5) is 18.9 Å². The normalized spacial score (nSPS) is 20.6. The van der Waals surface area contributed by atoms with E-state index in [4.69, 9.17) is 5.73 Å². The smallest absolute Gasteiger partial charge is 0.371 e. The van der Waals surface area contributed by atoms with Gasteiger partial charge in [-0.2, -0.15) is 13.2 Å². The van der Waals surface area contributed by atoms with Crippen LogP contribution in [0.5, 0.6) is 0 Å². The fourth-order valence-electron chi connectivity index (χ4n) is 4.76. The molecule has 0 fully saturated rings. The number of alkyl halides is 3. The minimum absolute atomic E-state index is 0.0715. The molecule has 0 aromatic heterocycles. The number of fused-ring (bicyclic) bond motifs is 2. The second-order valence-corrected chi connectivity index (χ2v) is 9.62. The van der Waals surface area contributed by atoms with Gasteiger partial charge in [0, 0.05) is 27.9 Å². The van der Waals surface area contributed by atoms with Crippen molar-refractivity contribution in [2.45, 2.75) is 31.8 Å². The van der Waals surface area contributed by atoms with Crippen molar-refractivity contribution in [1.29, 1.82) is 0 Å². The number of nitrogens with zero attached hydrogens (tertiary/aromatic N) is 2. The van der Waals surface area contributed by atoms with Gasteiger partial charge in [0.2, 0.25) is 0 Å². The van der Waals surface area contributed by atoms with Gasteiger partial charge in [-0.25, -0.2) is 0 Å². The van der Waals surface area contributed by atoms with Crippen LogP contribution in [-0.4, -0.2) is 42.4 Å². The number of likely N-dealkylation sites (N-methyl/N-ethyl adjacent to an activating group) is 1. The first-order valence-corrected chi connectivity index (χ1v) is 12.1. The van der Waals surface area contributed by atoms with Crippen LogP contribution in [0.1, 0.15) is 30.5 Å². The van der Waals surface area contributed by atoms with Gasteiger partial charge < -0.3 is 20.6 Å². The molecule has 1 aliphatic heterocycles. The minimum Gasteiger partial charge on any atom is -0.371 e. The lowest BCUT2D eigenvalue weighted by molar-refractivity contribution is -0.138. The summed E-state index contributed by atoms with van der Waals surface area (Å²) < 4.78 is 43.2. The maximum atomic E-state index is 14.2. The number of aliphatic hydroxyl groups excluding tert-OH is 1. The SMILES string of the molecule is CCN(CC)CCN1c2cc(I)cc(C(F)(F)F)c2C(N)(c2ccc3ccccc3c2)C1O. The van der Waals surface area contributed by atoms with Gasteiger partial charge in [-0.05, 0) is 70.2 Å². The van der Waals surface area contributed by atoms with Crippen LogP contribution < -0.4 is 10.6 Å². The first kappa shape index (κ1) is 24.3. The average Bonchev–Trinajstić information content (AvgIpc) is 3.00. The zero-order valence-corrected chi connectivity index (χ0v) is 20.7. The largest absolute Gasteiger partial charge is 0.416 e. The van der Waals surface area contributed by atoms with Gasteiger partial charge in [0.15, 0.2) is 6.23 Å². The molecule has 0 aliphatic carbocycles. The predicted octanol–water partition coefficient (Wildman–Crippen LogP) is 5.15. The Kier molecular flexibility index (Phi) is 6.65. The average molecular weight is 569 g/mol. The van der Waals surface area contributed by atoms with E-state index in [1.54, 1.807) is 23.1 Å². The molecule has 0 saturated heterocycles. The second kappa shape index (κ2) is 9.05. The number of rotatable bonds is 6. The number of hydrogen-bond donors (Lipinski definition) is 2. The molecule has 2 unspecified atom stereocenters. The molecule has 0 spiro atoms. The van der Waals surface area contributed by atoms with Gasteiger partial charge in [-0.3, -0.25) is 0 Å². The molecule has 33 heavy (non-hydrogen) atoms. The van der Waals surface area contributed by atoms with Crippen LogP contribution in [-0.2, 0) is 11.7 Å². The summed E-state index contributed by atoms with van der Waals surface area (Å²) in [5, 5.41) is 13.3. The van der Waals surface area contributed by atoms with Gasteiger partial charge in [0.1, 0.15) is 5.54 Å². The summed E-state index contributed by atoms with van der Waals surface area (Å²) in [6.07, 6.45) is -5.95. The third kappa shape index (κ3) is 4.22. The van der Waals surface area contributed by atoms with Crippen molar-refractivity contribution in [3.05, 3.63) is 74.9 Å². The lowest BCUT2D eigenvalue weighted by atomic mass is 9.81. The Morgan fingerprint density at radius 1 is 1.06 bits per heavy atom. The van der Waals surface area contributed by atoms with E-state index in [0.29, 0.717) is 27.9 Å². The monoisotopic (exact) mass is 569 g/mol. The highest BCUT2D eigenvalue weighted by atomic mass is 127. The van der Waals surface area contributed by atoms with Crippen LogP contribution in [0.25, 0.3) is 10.8 Å². The fourth-order valence-corrected chi connectivity index (χ4v) is 5.36. The third-order valence-corrected chi connectivity index (χ3v) is 7.21. The highest BCUT2D eigenvalue weighted by molar-refractivity contribution is 14.1. The summed E-state index contributed by atoms with van der Waals surface area (Å²) in [4.78, 5) is 3.79. The highest BCUT2D eigenvalue weighted by Gasteiger charge is 2.54. The molecule has 3 N–H and O–H groups in total. The van der Waals surface area contributed by atoms with E-state index >= 15 is 0 Å². The van der Waals surface area contributed by atoms with E-state index in [2.05, 4.69) is 4.90 Å². The lowest BCUT2D eigenvalue weighted by Gasteiger charge is -2.34. The van der Waals surface area contributed by atoms with E-state index < -0.39 is 23.5 Å². The van der Waals surface area contributed by atoms with Crippen LogP contribution in [0.2, 0.25) is 0 Å². The van der Waals surface area contributed by atoms with Crippen LogP contribution in [0.3, 0.4) is 0 Å². The van der Waals surface area contributed by atoms with E-state index in [-0.39, 0.29) is 5.56 Å². The zero-order valence-electron chi connectivity index (χ0n) is 18.5. The molecule has 1 aliphatic rings. The maximum Gasteiger partial charge on any atom is 0.416 e. The zero-order chi connectivity index (χ0) is 24.0. The van der Waals surface area contributed by atoms with Gasteiger partial charge in [-0.15, -0.1) is 0 Å². The Morgan fingerprint density at radius 3 is 2.36 bits per heavy atom. The van der Waals surface area contributed by atoms with E-state index in [1.165, 1.54) is 0 Å². The molecule has 3 aromatic rings. The van der Waals surface area contributed by atoms with Gasteiger partial charge in [0.05, 0.1) is 5.56 Å². The van der Waals surface area contributed by atoms with E-state index in [9.17, 15) is 18.3 Å². The molecule has 8 heteroatoms. The van der Waals surface area contributed by atoms with Crippen molar-refractivity contribution in [3.63, 3.8) is 0 Å². The molecule has 4 rings (SSSR count). The van der Waals surface area contributed by atoms with Crippen molar-refractivity contribution in [2.75, 3.05) is 31.1 Å². The summed E-state index contributed by atoms with van der Waals surface area (Å²) in [5.41, 5.74) is 5.01. The molecule has 4 nitrogen and oxygen atoms in total. The summed E-state index contributed by atoms with van der Waals surface area (Å²) in [6.45, 7) is 6.65. The molecular weight excluding hydrogens is 542 g/mol. The molecule has 0 saturated carbocycles. The highest BCUT2D eigenvalue weighted by Crippen LogP contribution is 2.51. The maximum absolute atomic E-state index is 14.2. The molecule has 3 aromatic carbocycles. The van der Waals surface area contributed by atoms with E-state index in [1.807, 2.05) is 66.8 Å². The topological polar surface area (TPSA) is 52.7 Å². The van der Waals surface area contributed by atoms with Crippen LogP contribution in [0.15, 0.2) is 54.6 Å².